The highest BCUT2D eigenvalue weighted by Gasteiger charge is 2.33. The maximum Gasteiger partial charge on any atom is 0.0111 e. The van der Waals surface area contributed by atoms with E-state index in [9.17, 15) is 0 Å². The van der Waals surface area contributed by atoms with Gasteiger partial charge in [0.15, 0.2) is 0 Å². The molecule has 2 heteroatoms. The molecule has 21 heavy (non-hydrogen) atoms. The van der Waals surface area contributed by atoms with Gasteiger partial charge in [-0.15, -0.1) is 0 Å². The lowest BCUT2D eigenvalue weighted by atomic mass is 9.78. The van der Waals surface area contributed by atoms with Crippen molar-refractivity contribution >= 4 is 0 Å². The second kappa shape index (κ2) is 8.53. The minimum atomic E-state index is 0.459. The second-order valence-electron chi connectivity index (χ2n) is 8.26. The van der Waals surface area contributed by atoms with Gasteiger partial charge in [0.05, 0.1) is 0 Å². The van der Waals surface area contributed by atoms with Crippen molar-refractivity contribution in [2.24, 2.45) is 11.3 Å². The Kier molecular flexibility index (Phi) is 7.01. The first kappa shape index (κ1) is 17.3. The third kappa shape index (κ3) is 5.56. The number of unbranched alkanes of at least 4 members (excludes halogenated alkanes) is 2. The molecule has 1 aliphatic carbocycles. The molecule has 3 atom stereocenters. The minimum Gasteiger partial charge on any atom is -0.314 e. The van der Waals surface area contributed by atoms with Gasteiger partial charge in [-0.3, -0.25) is 0 Å². The normalized spacial score (nSPS) is 30.7. The van der Waals surface area contributed by atoms with E-state index in [0.717, 1.165) is 18.0 Å². The monoisotopic (exact) mass is 294 g/mol. The highest BCUT2D eigenvalue weighted by Crippen LogP contribution is 2.31. The molecule has 2 fully saturated rings. The lowest BCUT2D eigenvalue weighted by Gasteiger charge is -2.38. The molecule has 124 valence electrons. The van der Waals surface area contributed by atoms with Gasteiger partial charge >= 0.3 is 0 Å². The van der Waals surface area contributed by atoms with E-state index in [1.54, 1.807) is 0 Å². The first-order valence-electron chi connectivity index (χ1n) is 9.59. The first-order valence-corrected chi connectivity index (χ1v) is 9.59. The predicted molar refractivity (Wildman–Crippen MR) is 92.7 cm³/mol. The standard InChI is InChI=1S/C19H38N2/c1-4-5-8-13-19(2,3)15-21-18-11-7-6-10-16(18)17-12-9-14-20-17/h16-18,20-21H,4-15H2,1-3H3. The van der Waals surface area contributed by atoms with Crippen LogP contribution in [-0.2, 0) is 0 Å². The van der Waals surface area contributed by atoms with Crippen LogP contribution in [0.1, 0.15) is 85.0 Å². The summed E-state index contributed by atoms with van der Waals surface area (Å²) in [6.07, 6.45) is 14.0. The fraction of sp³-hybridized carbons (Fsp3) is 1.00. The van der Waals surface area contributed by atoms with Crippen LogP contribution < -0.4 is 10.6 Å². The maximum atomic E-state index is 3.98. The third-order valence-electron chi connectivity index (χ3n) is 5.73. The van der Waals surface area contributed by atoms with Gasteiger partial charge in [-0.1, -0.05) is 52.9 Å². The zero-order valence-corrected chi connectivity index (χ0v) is 14.7. The molecule has 0 aromatic heterocycles. The number of rotatable bonds is 8. The fourth-order valence-corrected chi connectivity index (χ4v) is 4.32. The molecular formula is C19H38N2. The zero-order valence-electron chi connectivity index (χ0n) is 14.7. The topological polar surface area (TPSA) is 24.1 Å². The highest BCUT2D eigenvalue weighted by atomic mass is 15.0. The Balaban J connectivity index is 1.78. The Labute approximate surface area is 132 Å². The fourth-order valence-electron chi connectivity index (χ4n) is 4.32. The molecule has 2 aliphatic rings. The zero-order chi connectivity index (χ0) is 15.1. The smallest absolute Gasteiger partial charge is 0.0111 e. The van der Waals surface area contributed by atoms with Crippen molar-refractivity contribution in [2.45, 2.75) is 97.1 Å². The molecule has 1 saturated heterocycles. The number of nitrogens with one attached hydrogen (secondary N) is 2. The third-order valence-corrected chi connectivity index (χ3v) is 5.73. The lowest BCUT2D eigenvalue weighted by molar-refractivity contribution is 0.189. The molecule has 0 amide bonds. The van der Waals surface area contributed by atoms with Gasteiger partial charge in [0.25, 0.3) is 0 Å². The van der Waals surface area contributed by atoms with Crippen molar-refractivity contribution in [1.29, 1.82) is 0 Å². The Morgan fingerprint density at radius 3 is 2.57 bits per heavy atom. The van der Waals surface area contributed by atoms with E-state index in [-0.39, 0.29) is 0 Å². The molecule has 1 aliphatic heterocycles. The van der Waals surface area contributed by atoms with Crippen LogP contribution in [-0.4, -0.2) is 25.2 Å². The molecule has 1 saturated carbocycles. The highest BCUT2D eigenvalue weighted by molar-refractivity contribution is 4.92. The molecule has 0 aromatic rings. The van der Waals surface area contributed by atoms with Crippen molar-refractivity contribution in [3.63, 3.8) is 0 Å². The summed E-state index contributed by atoms with van der Waals surface area (Å²) < 4.78 is 0. The van der Waals surface area contributed by atoms with Crippen molar-refractivity contribution in [2.75, 3.05) is 13.1 Å². The summed E-state index contributed by atoms with van der Waals surface area (Å²) in [6, 6.07) is 1.56. The van der Waals surface area contributed by atoms with Gasteiger partial charge in [0, 0.05) is 18.6 Å². The minimum absolute atomic E-state index is 0.459. The van der Waals surface area contributed by atoms with E-state index in [1.807, 2.05) is 0 Å². The van der Waals surface area contributed by atoms with Crippen LogP contribution in [0.2, 0.25) is 0 Å². The van der Waals surface area contributed by atoms with E-state index in [4.69, 9.17) is 0 Å². The summed E-state index contributed by atoms with van der Waals surface area (Å²) in [6.45, 7) is 9.64. The first-order chi connectivity index (χ1) is 10.1. The van der Waals surface area contributed by atoms with Crippen LogP contribution in [0, 0.1) is 11.3 Å². The van der Waals surface area contributed by atoms with E-state index in [2.05, 4.69) is 31.4 Å². The quantitative estimate of drug-likeness (QED) is 0.644. The molecule has 0 radical (unpaired) electrons. The van der Waals surface area contributed by atoms with Gasteiger partial charge in [-0.25, -0.2) is 0 Å². The summed E-state index contributed by atoms with van der Waals surface area (Å²) >= 11 is 0. The van der Waals surface area contributed by atoms with Crippen LogP contribution in [0.4, 0.5) is 0 Å². The Bertz CT molecular complexity index is 281. The second-order valence-corrected chi connectivity index (χ2v) is 8.26. The summed E-state index contributed by atoms with van der Waals surface area (Å²) in [7, 11) is 0. The average molecular weight is 295 g/mol. The largest absolute Gasteiger partial charge is 0.314 e. The van der Waals surface area contributed by atoms with Crippen molar-refractivity contribution in [1.82, 2.24) is 10.6 Å². The Hall–Kier alpha value is -0.0800. The number of hydrogen-bond acceptors (Lipinski definition) is 2. The molecule has 3 unspecified atom stereocenters. The van der Waals surface area contributed by atoms with E-state index in [0.29, 0.717) is 5.41 Å². The van der Waals surface area contributed by atoms with Crippen molar-refractivity contribution in [3.8, 4) is 0 Å². The molecule has 2 nitrogen and oxygen atoms in total. The van der Waals surface area contributed by atoms with Gasteiger partial charge < -0.3 is 10.6 Å². The summed E-state index contributed by atoms with van der Waals surface area (Å²) in [4.78, 5) is 0. The average Bonchev–Trinajstić information content (AvgIpc) is 3.00. The Morgan fingerprint density at radius 2 is 1.86 bits per heavy atom. The van der Waals surface area contributed by atoms with Crippen LogP contribution in [0.5, 0.6) is 0 Å². The van der Waals surface area contributed by atoms with Crippen molar-refractivity contribution in [3.05, 3.63) is 0 Å². The van der Waals surface area contributed by atoms with Crippen LogP contribution in [0.3, 0.4) is 0 Å². The molecular weight excluding hydrogens is 256 g/mol. The molecule has 2 rings (SSSR count). The summed E-state index contributed by atoms with van der Waals surface area (Å²) in [5.41, 5.74) is 0.459. The SMILES string of the molecule is CCCCCC(C)(C)CNC1CCCCC1C1CCCN1. The van der Waals surface area contributed by atoms with Gasteiger partial charge in [0.2, 0.25) is 0 Å². The predicted octanol–water partition coefficient (Wildman–Crippen LogP) is 4.49. The van der Waals surface area contributed by atoms with Gasteiger partial charge in [-0.2, -0.15) is 0 Å². The van der Waals surface area contributed by atoms with Crippen LogP contribution in [0.15, 0.2) is 0 Å². The van der Waals surface area contributed by atoms with Gasteiger partial charge in [0.1, 0.15) is 0 Å². The lowest BCUT2D eigenvalue weighted by Crippen LogP contribution is -2.49. The summed E-state index contributed by atoms with van der Waals surface area (Å²) in [5.74, 6) is 0.882. The van der Waals surface area contributed by atoms with Crippen LogP contribution >= 0.6 is 0 Å². The molecule has 2 N–H and O–H groups in total. The molecule has 0 spiro atoms. The van der Waals surface area contributed by atoms with Gasteiger partial charge in [-0.05, 0) is 50.0 Å². The molecule has 0 aromatic carbocycles. The maximum absolute atomic E-state index is 3.98. The number of hydrogen-bond donors (Lipinski definition) is 2. The Morgan fingerprint density at radius 1 is 1.05 bits per heavy atom. The van der Waals surface area contributed by atoms with E-state index >= 15 is 0 Å². The van der Waals surface area contributed by atoms with E-state index < -0.39 is 0 Å². The summed E-state index contributed by atoms with van der Waals surface area (Å²) in [5, 5.41) is 7.73. The van der Waals surface area contributed by atoms with Crippen LogP contribution in [0.25, 0.3) is 0 Å². The van der Waals surface area contributed by atoms with E-state index in [1.165, 1.54) is 77.3 Å². The molecule has 0 bridgehead atoms. The van der Waals surface area contributed by atoms with Crippen molar-refractivity contribution < 1.29 is 0 Å². The molecule has 1 heterocycles.